The van der Waals surface area contributed by atoms with Gasteiger partial charge in [-0.05, 0) is 19.3 Å². The van der Waals surface area contributed by atoms with E-state index in [-0.39, 0.29) is 11.5 Å². The molecule has 20 heavy (non-hydrogen) atoms. The Labute approximate surface area is 112 Å². The van der Waals surface area contributed by atoms with E-state index >= 15 is 0 Å². The molecule has 4 N–H and O–H groups in total. The molecule has 0 aliphatic heterocycles. The summed E-state index contributed by atoms with van der Waals surface area (Å²) in [5.41, 5.74) is -0.655. The second-order valence-corrected chi connectivity index (χ2v) is 4.67. The molecule has 9 nitrogen and oxygen atoms in total. The fourth-order valence-corrected chi connectivity index (χ4v) is 2.22. The van der Waals surface area contributed by atoms with Crippen molar-refractivity contribution in [2.75, 3.05) is 0 Å². The van der Waals surface area contributed by atoms with Gasteiger partial charge in [-0.15, -0.1) is 0 Å². The molecule has 2 aromatic heterocycles. The molecule has 1 aliphatic rings. The smallest absolute Gasteiger partial charge is 0.353 e. The number of hydrogen-bond acceptors (Lipinski definition) is 5. The Morgan fingerprint density at radius 2 is 2.15 bits per heavy atom. The molecule has 0 bridgehead atoms. The molecule has 0 spiro atoms. The summed E-state index contributed by atoms with van der Waals surface area (Å²) in [5.74, 6) is -0.912. The zero-order valence-electron chi connectivity index (χ0n) is 10.4. The lowest BCUT2D eigenvalue weighted by Crippen LogP contribution is -2.51. The minimum absolute atomic E-state index is 0.000175. The van der Waals surface area contributed by atoms with Crippen molar-refractivity contribution in [1.29, 1.82) is 0 Å². The van der Waals surface area contributed by atoms with Crippen LogP contribution in [0.25, 0.3) is 0 Å². The van der Waals surface area contributed by atoms with E-state index in [0.29, 0.717) is 18.7 Å². The summed E-state index contributed by atoms with van der Waals surface area (Å²) in [6.45, 7) is 0. The molecule has 0 unspecified atom stereocenters. The number of carbonyl (C=O) groups is 2. The van der Waals surface area contributed by atoms with Crippen LogP contribution in [0.2, 0.25) is 0 Å². The van der Waals surface area contributed by atoms with Crippen LogP contribution in [-0.4, -0.2) is 42.1 Å². The quantitative estimate of drug-likeness (QED) is 0.622. The summed E-state index contributed by atoms with van der Waals surface area (Å²) in [7, 11) is 0. The van der Waals surface area contributed by atoms with Gasteiger partial charge in [0.15, 0.2) is 0 Å². The normalized spacial score (nSPS) is 16.4. The van der Waals surface area contributed by atoms with Gasteiger partial charge < -0.3 is 15.4 Å². The van der Waals surface area contributed by atoms with Crippen LogP contribution >= 0.6 is 0 Å². The molecule has 0 saturated heterocycles. The fraction of sp³-hybridized carbons (Fsp3) is 0.364. The number of rotatable bonds is 4. The number of hydrogen-bond donors (Lipinski definition) is 4. The predicted molar refractivity (Wildman–Crippen MR) is 64.9 cm³/mol. The third-order valence-corrected chi connectivity index (χ3v) is 3.45. The van der Waals surface area contributed by atoms with Gasteiger partial charge in [0.1, 0.15) is 17.8 Å². The molecule has 9 heteroatoms. The van der Waals surface area contributed by atoms with Gasteiger partial charge in [-0.3, -0.25) is 9.89 Å². The number of aromatic carboxylic acids is 1. The first kappa shape index (κ1) is 12.3. The summed E-state index contributed by atoms with van der Waals surface area (Å²) in [4.78, 5) is 33.5. The van der Waals surface area contributed by atoms with Gasteiger partial charge in [-0.2, -0.15) is 5.10 Å². The Bertz CT molecular complexity index is 643. The molecule has 1 aliphatic carbocycles. The van der Waals surface area contributed by atoms with Crippen molar-refractivity contribution in [3.8, 4) is 0 Å². The van der Waals surface area contributed by atoms with Crippen LogP contribution in [0.4, 0.5) is 0 Å². The van der Waals surface area contributed by atoms with Crippen molar-refractivity contribution in [2.45, 2.75) is 24.8 Å². The maximum atomic E-state index is 12.0. The Kier molecular flexibility index (Phi) is 2.74. The average molecular weight is 276 g/mol. The molecule has 0 atom stereocenters. The average Bonchev–Trinajstić information content (AvgIpc) is 3.03. The first-order chi connectivity index (χ1) is 9.61. The monoisotopic (exact) mass is 276 g/mol. The number of nitrogens with zero attached hydrogens (tertiary/aromatic N) is 3. The van der Waals surface area contributed by atoms with Crippen molar-refractivity contribution in [1.82, 2.24) is 30.5 Å². The Morgan fingerprint density at radius 3 is 2.65 bits per heavy atom. The van der Waals surface area contributed by atoms with Crippen LogP contribution < -0.4 is 5.32 Å². The van der Waals surface area contributed by atoms with Crippen molar-refractivity contribution in [3.05, 3.63) is 29.9 Å². The van der Waals surface area contributed by atoms with Crippen LogP contribution in [0, 0.1) is 0 Å². The van der Waals surface area contributed by atoms with Gasteiger partial charge in [-0.25, -0.2) is 14.8 Å². The van der Waals surface area contributed by atoms with E-state index in [1.165, 1.54) is 12.5 Å². The highest BCUT2D eigenvalue weighted by Crippen LogP contribution is 2.39. The topological polar surface area (TPSA) is 137 Å². The molecular weight excluding hydrogens is 264 g/mol. The largest absolute Gasteiger partial charge is 0.477 e. The number of aromatic amines is 2. The van der Waals surface area contributed by atoms with Crippen molar-refractivity contribution >= 4 is 11.9 Å². The maximum Gasteiger partial charge on any atom is 0.353 e. The molecule has 0 aromatic carbocycles. The number of carboxylic acid groups (broad SMARTS) is 1. The van der Waals surface area contributed by atoms with Gasteiger partial charge in [0.05, 0.1) is 11.7 Å². The Balaban J connectivity index is 1.83. The second kappa shape index (κ2) is 4.44. The fourth-order valence-electron chi connectivity index (χ4n) is 2.22. The number of carboxylic acids is 1. The predicted octanol–water partition coefficient (Wildman–Crippen LogP) is 0.0352. The van der Waals surface area contributed by atoms with E-state index in [9.17, 15) is 9.59 Å². The lowest BCUT2D eigenvalue weighted by Gasteiger charge is -2.40. The van der Waals surface area contributed by atoms with Gasteiger partial charge in [0, 0.05) is 0 Å². The summed E-state index contributed by atoms with van der Waals surface area (Å²) in [6.07, 6.45) is 4.81. The molecule has 1 saturated carbocycles. The highest BCUT2D eigenvalue weighted by atomic mass is 16.4. The standard InChI is InChI=1S/C11H12N6O3/c18-8(7-13-5-14-17-7)16-11(2-1-3-11)10-12-4-6(15-10)9(19)20/h4-5H,1-3H2,(H,12,15)(H,16,18)(H,19,20)(H,13,14,17). The maximum absolute atomic E-state index is 12.0. The lowest BCUT2D eigenvalue weighted by atomic mass is 9.76. The van der Waals surface area contributed by atoms with Crippen molar-refractivity contribution in [2.24, 2.45) is 0 Å². The summed E-state index contributed by atoms with van der Waals surface area (Å²) in [6, 6.07) is 0. The molecule has 104 valence electrons. The lowest BCUT2D eigenvalue weighted by molar-refractivity contribution is 0.0690. The summed E-state index contributed by atoms with van der Waals surface area (Å²) in [5, 5.41) is 17.9. The highest BCUT2D eigenvalue weighted by molar-refractivity contribution is 5.91. The third kappa shape index (κ3) is 1.92. The van der Waals surface area contributed by atoms with Gasteiger partial charge in [0.25, 0.3) is 5.91 Å². The van der Waals surface area contributed by atoms with E-state index in [2.05, 4.69) is 30.5 Å². The number of carbonyl (C=O) groups excluding carboxylic acids is 1. The van der Waals surface area contributed by atoms with Gasteiger partial charge >= 0.3 is 5.97 Å². The molecule has 3 rings (SSSR count). The van der Waals surface area contributed by atoms with Crippen molar-refractivity contribution < 1.29 is 14.7 Å². The Morgan fingerprint density at radius 1 is 1.35 bits per heavy atom. The van der Waals surface area contributed by atoms with E-state index < -0.39 is 17.4 Å². The van der Waals surface area contributed by atoms with E-state index in [1.807, 2.05) is 0 Å². The number of amides is 1. The number of nitrogens with one attached hydrogen (secondary N) is 3. The van der Waals surface area contributed by atoms with Crippen LogP contribution in [0.15, 0.2) is 12.5 Å². The van der Waals surface area contributed by atoms with E-state index in [0.717, 1.165) is 6.42 Å². The Hall–Kier alpha value is -2.71. The molecule has 2 aromatic rings. The molecule has 0 radical (unpaired) electrons. The molecule has 1 amide bonds. The first-order valence-corrected chi connectivity index (χ1v) is 6.07. The minimum atomic E-state index is -1.08. The third-order valence-electron chi connectivity index (χ3n) is 3.45. The molecule has 2 heterocycles. The van der Waals surface area contributed by atoms with Gasteiger partial charge in [-0.1, -0.05) is 0 Å². The zero-order chi connectivity index (χ0) is 14.2. The number of H-pyrrole nitrogens is 2. The van der Waals surface area contributed by atoms with Crippen molar-refractivity contribution in [3.63, 3.8) is 0 Å². The highest BCUT2D eigenvalue weighted by Gasteiger charge is 2.43. The van der Waals surface area contributed by atoms with E-state index in [4.69, 9.17) is 5.11 Å². The SMILES string of the molecule is O=C(O)c1cnc(C2(NC(=O)c3ncn[nH]3)CCC2)[nH]1. The zero-order valence-corrected chi connectivity index (χ0v) is 10.4. The van der Waals surface area contributed by atoms with Gasteiger partial charge in [0.2, 0.25) is 5.82 Å². The first-order valence-electron chi connectivity index (χ1n) is 6.07. The second-order valence-electron chi connectivity index (χ2n) is 4.67. The van der Waals surface area contributed by atoms with Crippen LogP contribution in [-0.2, 0) is 5.54 Å². The molecular formula is C11H12N6O3. The number of imidazole rings is 1. The summed E-state index contributed by atoms with van der Waals surface area (Å²) >= 11 is 0. The van der Waals surface area contributed by atoms with Crippen LogP contribution in [0.1, 0.15) is 46.2 Å². The molecule has 1 fully saturated rings. The van der Waals surface area contributed by atoms with E-state index in [1.54, 1.807) is 0 Å². The minimum Gasteiger partial charge on any atom is -0.477 e. The van der Waals surface area contributed by atoms with Crippen LogP contribution in [0.5, 0.6) is 0 Å². The number of aromatic nitrogens is 5. The van der Waals surface area contributed by atoms with Crippen LogP contribution in [0.3, 0.4) is 0 Å². The summed E-state index contributed by atoms with van der Waals surface area (Å²) < 4.78 is 0.